The molecule has 104 valence electrons. The van der Waals surface area contributed by atoms with E-state index < -0.39 is 0 Å². The lowest BCUT2D eigenvalue weighted by Gasteiger charge is -2.16. The van der Waals surface area contributed by atoms with Crippen molar-refractivity contribution in [1.82, 2.24) is 4.98 Å². The smallest absolute Gasteiger partial charge is 0.255 e. The number of hydrogen-bond donors (Lipinski definition) is 2. The van der Waals surface area contributed by atoms with Gasteiger partial charge in [-0.05, 0) is 29.8 Å². The highest BCUT2D eigenvalue weighted by atomic mass is 16.1. The second kappa shape index (κ2) is 6.16. The molecular weight excluding hydrogens is 252 g/mol. The Morgan fingerprint density at radius 3 is 2.55 bits per heavy atom. The topological polar surface area (TPSA) is 71.2 Å². The number of carbonyl (C=O) groups excluding carboxylic acids is 1. The number of benzene rings is 1. The van der Waals surface area contributed by atoms with Crippen molar-refractivity contribution in [2.75, 3.05) is 24.3 Å². The van der Waals surface area contributed by atoms with Gasteiger partial charge in [-0.3, -0.25) is 4.79 Å². The van der Waals surface area contributed by atoms with Gasteiger partial charge in [0.25, 0.3) is 5.91 Å². The fourth-order valence-electron chi connectivity index (χ4n) is 1.84. The molecule has 3 N–H and O–H groups in total. The molecule has 20 heavy (non-hydrogen) atoms. The average Bonchev–Trinajstić information content (AvgIpc) is 2.47. The number of rotatable bonds is 4. The minimum Gasteiger partial charge on any atom is -0.361 e. The van der Waals surface area contributed by atoms with Gasteiger partial charge in [-0.25, -0.2) is 4.98 Å². The van der Waals surface area contributed by atoms with Crippen molar-refractivity contribution < 1.29 is 4.79 Å². The molecule has 0 radical (unpaired) electrons. The quantitative estimate of drug-likeness (QED) is 0.889. The number of amides is 1. The van der Waals surface area contributed by atoms with E-state index in [-0.39, 0.29) is 5.91 Å². The van der Waals surface area contributed by atoms with Gasteiger partial charge in [0.15, 0.2) is 5.82 Å². The van der Waals surface area contributed by atoms with Gasteiger partial charge in [0, 0.05) is 32.4 Å². The van der Waals surface area contributed by atoms with Crippen LogP contribution in [-0.2, 0) is 6.54 Å². The minimum absolute atomic E-state index is 0.162. The summed E-state index contributed by atoms with van der Waals surface area (Å²) < 4.78 is 0. The number of pyridine rings is 1. The summed E-state index contributed by atoms with van der Waals surface area (Å²) in [6, 6.07) is 10.9. The van der Waals surface area contributed by atoms with E-state index in [1.165, 1.54) is 0 Å². The molecule has 0 unspecified atom stereocenters. The summed E-state index contributed by atoms with van der Waals surface area (Å²) in [7, 11) is 3.77. The zero-order valence-electron chi connectivity index (χ0n) is 11.6. The molecule has 0 aliphatic heterocycles. The highest BCUT2D eigenvalue weighted by Gasteiger charge is 2.10. The van der Waals surface area contributed by atoms with Crippen molar-refractivity contribution in [2.45, 2.75) is 6.54 Å². The molecule has 0 bridgehead atoms. The Bertz CT molecular complexity index is 593. The van der Waals surface area contributed by atoms with Crippen LogP contribution in [0, 0.1) is 0 Å². The molecule has 1 amide bonds. The van der Waals surface area contributed by atoms with Gasteiger partial charge in [0.2, 0.25) is 0 Å². The van der Waals surface area contributed by atoms with E-state index in [0.29, 0.717) is 17.8 Å². The van der Waals surface area contributed by atoms with Crippen LogP contribution in [-0.4, -0.2) is 25.0 Å². The van der Waals surface area contributed by atoms with Crippen LogP contribution in [0.1, 0.15) is 15.9 Å². The molecule has 0 saturated carbocycles. The van der Waals surface area contributed by atoms with E-state index in [1.807, 2.05) is 37.2 Å². The number of carbonyl (C=O) groups is 1. The van der Waals surface area contributed by atoms with Crippen LogP contribution in [0.3, 0.4) is 0 Å². The molecule has 0 fully saturated rings. The summed E-state index contributed by atoms with van der Waals surface area (Å²) in [4.78, 5) is 18.3. The monoisotopic (exact) mass is 270 g/mol. The van der Waals surface area contributed by atoms with Crippen LogP contribution >= 0.6 is 0 Å². The molecule has 0 saturated heterocycles. The number of nitrogens with two attached hydrogens (primary N) is 1. The zero-order chi connectivity index (χ0) is 14.5. The predicted octanol–water partition coefficient (Wildman–Crippen LogP) is 1.86. The van der Waals surface area contributed by atoms with Gasteiger partial charge >= 0.3 is 0 Å². The van der Waals surface area contributed by atoms with Crippen LogP contribution < -0.4 is 16.0 Å². The molecule has 2 rings (SSSR count). The average molecular weight is 270 g/mol. The first-order valence-electron chi connectivity index (χ1n) is 6.34. The van der Waals surface area contributed by atoms with Crippen LogP contribution in [0.4, 0.5) is 11.5 Å². The molecule has 1 aromatic heterocycles. The fraction of sp³-hybridized carbons (Fsp3) is 0.200. The summed E-state index contributed by atoms with van der Waals surface area (Å²) in [5, 5.41) is 2.87. The molecule has 5 heteroatoms. The molecule has 5 nitrogen and oxygen atoms in total. The SMILES string of the molecule is CN(C)c1ncccc1NC(=O)c1ccc(CN)cc1. The number of nitrogens with zero attached hydrogens (tertiary/aromatic N) is 2. The lowest BCUT2D eigenvalue weighted by Crippen LogP contribution is -2.17. The van der Waals surface area contributed by atoms with E-state index in [9.17, 15) is 4.79 Å². The van der Waals surface area contributed by atoms with Crippen LogP contribution in [0.5, 0.6) is 0 Å². The van der Waals surface area contributed by atoms with Gasteiger partial charge in [-0.2, -0.15) is 0 Å². The first-order valence-corrected chi connectivity index (χ1v) is 6.34. The Kier molecular flexibility index (Phi) is 4.32. The highest BCUT2D eigenvalue weighted by molar-refractivity contribution is 6.05. The lowest BCUT2D eigenvalue weighted by atomic mass is 10.1. The molecule has 0 aliphatic rings. The maximum atomic E-state index is 12.2. The van der Waals surface area contributed by atoms with Crippen LogP contribution in [0.2, 0.25) is 0 Å². The summed E-state index contributed by atoms with van der Waals surface area (Å²) in [5.74, 6) is 0.559. The standard InChI is InChI=1S/C15H18N4O/c1-19(2)14-13(4-3-9-17-14)18-15(20)12-7-5-11(10-16)6-8-12/h3-9H,10,16H2,1-2H3,(H,18,20). The van der Waals surface area contributed by atoms with Crippen molar-refractivity contribution >= 4 is 17.4 Å². The largest absolute Gasteiger partial charge is 0.361 e. The third kappa shape index (κ3) is 3.13. The molecule has 0 aliphatic carbocycles. The van der Waals surface area contributed by atoms with Gasteiger partial charge in [-0.1, -0.05) is 12.1 Å². The van der Waals surface area contributed by atoms with Gasteiger partial charge in [0.05, 0.1) is 5.69 Å². The maximum absolute atomic E-state index is 12.2. The Balaban J connectivity index is 2.19. The molecule has 0 spiro atoms. The Labute approximate surface area is 118 Å². The summed E-state index contributed by atoms with van der Waals surface area (Å²) in [6.45, 7) is 0.468. The fourth-order valence-corrected chi connectivity index (χ4v) is 1.84. The van der Waals surface area contributed by atoms with Crippen LogP contribution in [0.15, 0.2) is 42.6 Å². The number of nitrogens with one attached hydrogen (secondary N) is 1. The third-order valence-corrected chi connectivity index (χ3v) is 2.91. The number of anilines is 2. The summed E-state index contributed by atoms with van der Waals surface area (Å²) >= 11 is 0. The van der Waals surface area contributed by atoms with Crippen molar-refractivity contribution in [3.05, 3.63) is 53.7 Å². The minimum atomic E-state index is -0.162. The second-order valence-electron chi connectivity index (χ2n) is 4.62. The van der Waals surface area contributed by atoms with E-state index in [1.54, 1.807) is 24.4 Å². The Morgan fingerprint density at radius 2 is 1.95 bits per heavy atom. The summed E-state index contributed by atoms with van der Waals surface area (Å²) in [5.41, 5.74) is 7.81. The summed E-state index contributed by atoms with van der Waals surface area (Å²) in [6.07, 6.45) is 1.70. The van der Waals surface area contributed by atoms with Crippen molar-refractivity contribution in [1.29, 1.82) is 0 Å². The van der Waals surface area contributed by atoms with E-state index in [4.69, 9.17) is 5.73 Å². The van der Waals surface area contributed by atoms with Crippen LogP contribution in [0.25, 0.3) is 0 Å². The van der Waals surface area contributed by atoms with Crippen molar-refractivity contribution in [2.24, 2.45) is 5.73 Å². The molecular formula is C15H18N4O. The van der Waals surface area contributed by atoms with E-state index in [2.05, 4.69) is 10.3 Å². The zero-order valence-corrected chi connectivity index (χ0v) is 11.6. The van der Waals surface area contributed by atoms with Crippen molar-refractivity contribution in [3.8, 4) is 0 Å². The predicted molar refractivity (Wildman–Crippen MR) is 80.9 cm³/mol. The number of aromatic nitrogens is 1. The third-order valence-electron chi connectivity index (χ3n) is 2.91. The molecule has 2 aromatic rings. The first kappa shape index (κ1) is 14.0. The van der Waals surface area contributed by atoms with Gasteiger partial charge in [-0.15, -0.1) is 0 Å². The molecule has 1 heterocycles. The second-order valence-corrected chi connectivity index (χ2v) is 4.62. The Hall–Kier alpha value is -2.40. The number of hydrogen-bond acceptors (Lipinski definition) is 4. The molecule has 1 aromatic carbocycles. The molecule has 0 atom stereocenters. The highest BCUT2D eigenvalue weighted by Crippen LogP contribution is 2.21. The maximum Gasteiger partial charge on any atom is 0.255 e. The lowest BCUT2D eigenvalue weighted by molar-refractivity contribution is 0.102. The van der Waals surface area contributed by atoms with Gasteiger partial charge in [0.1, 0.15) is 0 Å². The normalized spacial score (nSPS) is 10.2. The first-order chi connectivity index (χ1) is 9.61. The Morgan fingerprint density at radius 1 is 1.25 bits per heavy atom. The van der Waals surface area contributed by atoms with Crippen molar-refractivity contribution in [3.63, 3.8) is 0 Å². The van der Waals surface area contributed by atoms with E-state index >= 15 is 0 Å². The van der Waals surface area contributed by atoms with Gasteiger partial charge < -0.3 is 16.0 Å². The van der Waals surface area contributed by atoms with E-state index in [0.717, 1.165) is 11.4 Å².